The van der Waals surface area contributed by atoms with Crippen molar-refractivity contribution in [3.8, 4) is 5.75 Å². The lowest BCUT2D eigenvalue weighted by Gasteiger charge is -2.21. The minimum Gasteiger partial charge on any atom is -0.425 e. The zero-order valence-electron chi connectivity index (χ0n) is 16.7. The van der Waals surface area contributed by atoms with Crippen molar-refractivity contribution < 1.29 is 22.7 Å². The molecule has 0 saturated carbocycles. The molecule has 0 bridgehead atoms. The van der Waals surface area contributed by atoms with E-state index in [1.54, 1.807) is 43.4 Å². The summed E-state index contributed by atoms with van der Waals surface area (Å²) in [5.41, 5.74) is 2.30. The number of nitrogens with zero attached hydrogens (tertiary/aromatic N) is 2. The van der Waals surface area contributed by atoms with Gasteiger partial charge in [0, 0.05) is 24.8 Å². The smallest absolute Gasteiger partial charge is 0.329 e. The van der Waals surface area contributed by atoms with Crippen molar-refractivity contribution in [1.29, 1.82) is 0 Å². The van der Waals surface area contributed by atoms with E-state index in [0.29, 0.717) is 36.4 Å². The number of sulfonamides is 1. The topological polar surface area (TPSA) is 84.0 Å². The first-order valence-corrected chi connectivity index (χ1v) is 11.1. The molecule has 29 heavy (non-hydrogen) atoms. The van der Waals surface area contributed by atoms with E-state index in [1.807, 2.05) is 19.1 Å². The van der Waals surface area contributed by atoms with Crippen LogP contribution in [-0.2, 0) is 14.8 Å². The number of aryl methyl sites for hydroxylation is 1. The highest BCUT2D eigenvalue weighted by Crippen LogP contribution is 2.24. The molecule has 1 fully saturated rings. The van der Waals surface area contributed by atoms with Gasteiger partial charge in [0.25, 0.3) is 5.91 Å². The first-order valence-electron chi connectivity index (χ1n) is 9.30. The van der Waals surface area contributed by atoms with Crippen LogP contribution < -0.4 is 9.64 Å². The molecule has 3 rings (SSSR count). The monoisotopic (exact) mass is 416 g/mol. The number of hydrogen-bond acceptors (Lipinski definition) is 5. The van der Waals surface area contributed by atoms with Crippen molar-refractivity contribution in [2.45, 2.75) is 25.8 Å². The summed E-state index contributed by atoms with van der Waals surface area (Å²) in [6.45, 7) is 2.28. The van der Waals surface area contributed by atoms with Gasteiger partial charge in [-0.2, -0.15) is 4.31 Å². The van der Waals surface area contributed by atoms with Gasteiger partial charge in [0.15, 0.2) is 0 Å². The zero-order chi connectivity index (χ0) is 21.2. The SMILES string of the molecule is Cc1ccc(C(=O)N(C)c2ccc(OC(=O)C3CCCN3S(C)(=O)=O)cc2)cc1. The molecular formula is C21H24N2O5S. The fourth-order valence-corrected chi connectivity index (χ4v) is 4.42. The Morgan fingerprint density at radius 1 is 1.07 bits per heavy atom. The summed E-state index contributed by atoms with van der Waals surface area (Å²) in [5, 5.41) is 0. The predicted octanol–water partition coefficient (Wildman–Crippen LogP) is 2.60. The van der Waals surface area contributed by atoms with Gasteiger partial charge < -0.3 is 9.64 Å². The van der Waals surface area contributed by atoms with Crippen molar-refractivity contribution in [3.63, 3.8) is 0 Å². The molecule has 7 nitrogen and oxygen atoms in total. The van der Waals surface area contributed by atoms with Crippen molar-refractivity contribution in [2.75, 3.05) is 24.7 Å². The van der Waals surface area contributed by atoms with Crippen LogP contribution in [0.2, 0.25) is 0 Å². The molecule has 1 heterocycles. The lowest BCUT2D eigenvalue weighted by molar-refractivity contribution is -0.137. The fraction of sp³-hybridized carbons (Fsp3) is 0.333. The van der Waals surface area contributed by atoms with Crippen molar-refractivity contribution >= 4 is 27.6 Å². The van der Waals surface area contributed by atoms with Crippen molar-refractivity contribution in [2.24, 2.45) is 0 Å². The lowest BCUT2D eigenvalue weighted by Crippen LogP contribution is -2.41. The molecule has 154 valence electrons. The summed E-state index contributed by atoms with van der Waals surface area (Å²) >= 11 is 0. The quantitative estimate of drug-likeness (QED) is 0.553. The summed E-state index contributed by atoms with van der Waals surface area (Å²) in [4.78, 5) is 26.5. The van der Waals surface area contributed by atoms with Crippen LogP contribution in [0.25, 0.3) is 0 Å². The maximum atomic E-state index is 12.6. The van der Waals surface area contributed by atoms with Crippen LogP contribution in [-0.4, -0.2) is 50.5 Å². The van der Waals surface area contributed by atoms with Gasteiger partial charge in [-0.25, -0.2) is 13.2 Å². The molecule has 1 unspecified atom stereocenters. The summed E-state index contributed by atoms with van der Waals surface area (Å²) in [5.74, 6) is -0.440. The first kappa shape index (κ1) is 21.0. The second-order valence-corrected chi connectivity index (χ2v) is 9.11. The van der Waals surface area contributed by atoms with Gasteiger partial charge in [0.05, 0.1) is 6.26 Å². The number of rotatable bonds is 5. The molecule has 8 heteroatoms. The molecule has 0 aromatic heterocycles. The Bertz CT molecular complexity index is 1000. The normalized spacial score (nSPS) is 17.1. The van der Waals surface area contributed by atoms with Gasteiger partial charge in [-0.05, 0) is 56.2 Å². The molecule has 1 atom stereocenters. The van der Waals surface area contributed by atoms with E-state index in [0.717, 1.165) is 11.8 Å². The van der Waals surface area contributed by atoms with Crippen LogP contribution in [0, 0.1) is 6.92 Å². The molecule has 2 aromatic rings. The van der Waals surface area contributed by atoms with E-state index in [4.69, 9.17) is 4.74 Å². The van der Waals surface area contributed by atoms with Gasteiger partial charge in [0.2, 0.25) is 10.0 Å². The van der Waals surface area contributed by atoms with Crippen LogP contribution in [0.5, 0.6) is 5.75 Å². The third kappa shape index (κ3) is 4.83. The molecule has 2 aromatic carbocycles. The second kappa shape index (κ2) is 8.34. The van der Waals surface area contributed by atoms with E-state index >= 15 is 0 Å². The number of hydrogen-bond donors (Lipinski definition) is 0. The van der Waals surface area contributed by atoms with Crippen molar-refractivity contribution in [3.05, 3.63) is 59.7 Å². The van der Waals surface area contributed by atoms with E-state index < -0.39 is 22.0 Å². The number of anilines is 1. The molecule has 0 spiro atoms. The van der Waals surface area contributed by atoms with Gasteiger partial charge in [-0.15, -0.1) is 0 Å². The Balaban J connectivity index is 1.67. The Kier molecular flexibility index (Phi) is 6.04. The fourth-order valence-electron chi connectivity index (χ4n) is 3.30. The number of benzene rings is 2. The lowest BCUT2D eigenvalue weighted by atomic mass is 10.1. The Morgan fingerprint density at radius 3 is 2.28 bits per heavy atom. The van der Waals surface area contributed by atoms with Gasteiger partial charge in [-0.3, -0.25) is 4.79 Å². The van der Waals surface area contributed by atoms with E-state index in [-0.39, 0.29) is 5.91 Å². The van der Waals surface area contributed by atoms with E-state index in [1.165, 1.54) is 9.21 Å². The molecule has 0 radical (unpaired) electrons. The van der Waals surface area contributed by atoms with Crippen LogP contribution in [0.3, 0.4) is 0 Å². The number of amides is 1. The first-order chi connectivity index (χ1) is 13.7. The van der Waals surface area contributed by atoms with E-state index in [2.05, 4.69) is 0 Å². The molecule has 1 aliphatic rings. The summed E-state index contributed by atoms with van der Waals surface area (Å²) in [6.07, 6.45) is 2.16. The van der Waals surface area contributed by atoms with Gasteiger partial charge >= 0.3 is 5.97 Å². The maximum absolute atomic E-state index is 12.6. The minimum absolute atomic E-state index is 0.149. The Morgan fingerprint density at radius 2 is 1.69 bits per heavy atom. The average molecular weight is 416 g/mol. The van der Waals surface area contributed by atoms with Crippen LogP contribution >= 0.6 is 0 Å². The molecular weight excluding hydrogens is 392 g/mol. The standard InChI is InChI=1S/C21H24N2O5S/c1-15-6-8-16(9-7-15)20(24)22(2)17-10-12-18(13-11-17)28-21(25)19-5-4-14-23(19)29(3,26)27/h6-13,19H,4-5,14H2,1-3H3. The van der Waals surface area contributed by atoms with Gasteiger partial charge in [0.1, 0.15) is 11.8 Å². The van der Waals surface area contributed by atoms with Gasteiger partial charge in [-0.1, -0.05) is 17.7 Å². The van der Waals surface area contributed by atoms with E-state index in [9.17, 15) is 18.0 Å². The number of carbonyl (C=O) groups excluding carboxylic acids is 2. The van der Waals surface area contributed by atoms with Crippen LogP contribution in [0.4, 0.5) is 5.69 Å². The minimum atomic E-state index is -3.46. The number of carbonyl (C=O) groups is 2. The highest BCUT2D eigenvalue weighted by Gasteiger charge is 2.37. The largest absolute Gasteiger partial charge is 0.425 e. The number of esters is 1. The average Bonchev–Trinajstić information content (AvgIpc) is 3.19. The molecule has 1 saturated heterocycles. The highest BCUT2D eigenvalue weighted by atomic mass is 32.2. The number of ether oxygens (including phenoxy) is 1. The summed E-state index contributed by atoms with van der Waals surface area (Å²) in [6, 6.07) is 13.1. The van der Waals surface area contributed by atoms with Crippen LogP contribution in [0.1, 0.15) is 28.8 Å². The molecule has 1 amide bonds. The Labute approximate surface area is 170 Å². The second-order valence-electron chi connectivity index (χ2n) is 7.18. The Hall–Kier alpha value is -2.71. The maximum Gasteiger partial charge on any atom is 0.329 e. The predicted molar refractivity (Wildman–Crippen MR) is 111 cm³/mol. The molecule has 1 aliphatic heterocycles. The third-order valence-corrected chi connectivity index (χ3v) is 6.24. The molecule has 0 aliphatic carbocycles. The zero-order valence-corrected chi connectivity index (χ0v) is 17.5. The molecule has 0 N–H and O–H groups in total. The summed E-state index contributed by atoms with van der Waals surface area (Å²) in [7, 11) is -1.78. The summed E-state index contributed by atoms with van der Waals surface area (Å²) < 4.78 is 30.1. The van der Waals surface area contributed by atoms with Crippen molar-refractivity contribution in [1.82, 2.24) is 4.31 Å². The highest BCUT2D eigenvalue weighted by molar-refractivity contribution is 7.88. The third-order valence-electron chi connectivity index (χ3n) is 4.95. The van der Waals surface area contributed by atoms with Crippen LogP contribution in [0.15, 0.2) is 48.5 Å².